The van der Waals surface area contributed by atoms with Gasteiger partial charge in [-0.3, -0.25) is 9.59 Å². The third kappa shape index (κ3) is 2.79. The standard InChI is InChI=1S/C12H18N4O4S/c1-14-12(18)10-5-9(7-15(10)2)21(19,20)16-4-3-8(6-16)11(13)17/h5,7-8H,3-4,6H2,1-2H3,(H2,13,17)(H,14,18)/t8-/m1/s1. The molecule has 3 N–H and O–H groups in total. The van der Waals surface area contributed by atoms with E-state index in [-0.39, 0.29) is 29.6 Å². The topological polar surface area (TPSA) is 114 Å². The second-order valence-electron chi connectivity index (χ2n) is 5.00. The summed E-state index contributed by atoms with van der Waals surface area (Å²) in [6, 6.07) is 1.33. The zero-order valence-electron chi connectivity index (χ0n) is 11.9. The summed E-state index contributed by atoms with van der Waals surface area (Å²) >= 11 is 0. The Hall–Kier alpha value is -1.87. The number of nitrogens with two attached hydrogens (primary N) is 1. The molecule has 0 spiro atoms. The predicted octanol–water partition coefficient (Wildman–Crippen LogP) is -1.12. The van der Waals surface area contributed by atoms with Crippen LogP contribution in [0.5, 0.6) is 0 Å². The van der Waals surface area contributed by atoms with Gasteiger partial charge in [0.25, 0.3) is 5.91 Å². The molecule has 0 saturated carbocycles. The van der Waals surface area contributed by atoms with Gasteiger partial charge in [0.2, 0.25) is 15.9 Å². The van der Waals surface area contributed by atoms with Crippen LogP contribution in [0.2, 0.25) is 0 Å². The van der Waals surface area contributed by atoms with E-state index in [0.29, 0.717) is 6.42 Å². The van der Waals surface area contributed by atoms with Crippen molar-refractivity contribution >= 4 is 21.8 Å². The van der Waals surface area contributed by atoms with Gasteiger partial charge < -0.3 is 15.6 Å². The lowest BCUT2D eigenvalue weighted by Gasteiger charge is -2.14. The molecule has 1 atom stereocenters. The van der Waals surface area contributed by atoms with Crippen LogP contribution in [-0.2, 0) is 21.9 Å². The highest BCUT2D eigenvalue weighted by molar-refractivity contribution is 7.89. The Kier molecular flexibility index (Phi) is 4.06. The van der Waals surface area contributed by atoms with Crippen molar-refractivity contribution < 1.29 is 18.0 Å². The van der Waals surface area contributed by atoms with Crippen LogP contribution in [0, 0.1) is 5.92 Å². The zero-order valence-corrected chi connectivity index (χ0v) is 12.7. The van der Waals surface area contributed by atoms with Gasteiger partial charge >= 0.3 is 0 Å². The molecule has 9 heteroatoms. The Labute approximate surface area is 122 Å². The number of nitrogens with one attached hydrogen (secondary N) is 1. The Morgan fingerprint density at radius 1 is 1.43 bits per heavy atom. The molecule has 1 fully saturated rings. The summed E-state index contributed by atoms with van der Waals surface area (Å²) in [4.78, 5) is 22.8. The van der Waals surface area contributed by atoms with Crippen molar-refractivity contribution in [3.63, 3.8) is 0 Å². The highest BCUT2D eigenvalue weighted by Crippen LogP contribution is 2.25. The maximum atomic E-state index is 12.5. The van der Waals surface area contributed by atoms with E-state index in [0.717, 1.165) is 0 Å². The van der Waals surface area contributed by atoms with E-state index < -0.39 is 21.8 Å². The number of hydrogen-bond acceptors (Lipinski definition) is 4. The molecule has 2 rings (SSSR count). The van der Waals surface area contributed by atoms with Gasteiger partial charge in [-0.1, -0.05) is 0 Å². The van der Waals surface area contributed by atoms with Crippen LogP contribution in [0.25, 0.3) is 0 Å². The van der Waals surface area contributed by atoms with E-state index in [4.69, 9.17) is 5.73 Å². The average Bonchev–Trinajstić information content (AvgIpc) is 3.04. The van der Waals surface area contributed by atoms with E-state index in [2.05, 4.69) is 5.32 Å². The first-order valence-corrected chi connectivity index (χ1v) is 7.89. The first kappa shape index (κ1) is 15.5. The maximum absolute atomic E-state index is 12.5. The highest BCUT2D eigenvalue weighted by Gasteiger charge is 2.35. The number of aryl methyl sites for hydroxylation is 1. The van der Waals surface area contributed by atoms with Gasteiger partial charge in [0.05, 0.1) is 5.92 Å². The Bertz CT molecular complexity index is 679. The Morgan fingerprint density at radius 2 is 2.10 bits per heavy atom. The van der Waals surface area contributed by atoms with Crippen LogP contribution in [0.1, 0.15) is 16.9 Å². The minimum Gasteiger partial charge on any atom is -0.369 e. The van der Waals surface area contributed by atoms with Crippen LogP contribution in [0.3, 0.4) is 0 Å². The van der Waals surface area contributed by atoms with Crippen molar-refractivity contribution in [2.45, 2.75) is 11.3 Å². The summed E-state index contributed by atoms with van der Waals surface area (Å²) in [5.74, 6) is -1.32. The fourth-order valence-electron chi connectivity index (χ4n) is 2.36. The third-order valence-corrected chi connectivity index (χ3v) is 5.46. The molecule has 1 aliphatic heterocycles. The van der Waals surface area contributed by atoms with Gasteiger partial charge in [0, 0.05) is 33.4 Å². The quantitative estimate of drug-likeness (QED) is 0.732. The molecule has 0 aliphatic carbocycles. The van der Waals surface area contributed by atoms with Gasteiger partial charge in [0.15, 0.2) is 0 Å². The summed E-state index contributed by atoms with van der Waals surface area (Å²) in [6.45, 7) is 0.335. The molecule has 8 nitrogen and oxygen atoms in total. The molecule has 2 heterocycles. The molecule has 1 aliphatic rings. The fourth-order valence-corrected chi connectivity index (χ4v) is 3.93. The molecule has 0 aromatic carbocycles. The Morgan fingerprint density at radius 3 is 2.62 bits per heavy atom. The number of nitrogens with zero attached hydrogens (tertiary/aromatic N) is 2. The molecule has 1 saturated heterocycles. The van der Waals surface area contributed by atoms with Crippen LogP contribution in [0.15, 0.2) is 17.2 Å². The van der Waals surface area contributed by atoms with Crippen LogP contribution in [0.4, 0.5) is 0 Å². The van der Waals surface area contributed by atoms with Gasteiger partial charge in [-0.15, -0.1) is 0 Å². The summed E-state index contributed by atoms with van der Waals surface area (Å²) < 4.78 is 27.7. The summed E-state index contributed by atoms with van der Waals surface area (Å²) in [5.41, 5.74) is 5.46. The third-order valence-electron chi connectivity index (χ3n) is 3.63. The van der Waals surface area contributed by atoms with Crippen LogP contribution in [-0.4, -0.2) is 49.2 Å². The summed E-state index contributed by atoms with van der Waals surface area (Å²) in [6.07, 6.45) is 1.81. The van der Waals surface area contributed by atoms with Gasteiger partial charge in [-0.25, -0.2) is 8.42 Å². The normalized spacial score (nSPS) is 19.6. The molecule has 0 bridgehead atoms. The number of aromatic nitrogens is 1. The molecule has 21 heavy (non-hydrogen) atoms. The lowest BCUT2D eigenvalue weighted by Crippen LogP contribution is -2.31. The zero-order chi connectivity index (χ0) is 15.8. The molecule has 0 radical (unpaired) electrons. The van der Waals surface area contributed by atoms with Crippen LogP contribution >= 0.6 is 0 Å². The molecule has 1 aromatic heterocycles. The lowest BCUT2D eigenvalue weighted by atomic mass is 10.1. The number of carbonyl (C=O) groups is 2. The monoisotopic (exact) mass is 314 g/mol. The Balaban J connectivity index is 2.29. The van der Waals surface area contributed by atoms with Crippen molar-refractivity contribution in [2.75, 3.05) is 20.1 Å². The van der Waals surface area contributed by atoms with E-state index >= 15 is 0 Å². The second kappa shape index (κ2) is 5.49. The predicted molar refractivity (Wildman–Crippen MR) is 74.9 cm³/mol. The number of sulfonamides is 1. The minimum absolute atomic E-state index is 0.0359. The van der Waals surface area contributed by atoms with Crippen molar-refractivity contribution in [3.05, 3.63) is 18.0 Å². The highest BCUT2D eigenvalue weighted by atomic mass is 32.2. The van der Waals surface area contributed by atoms with E-state index in [1.165, 1.54) is 28.2 Å². The largest absolute Gasteiger partial charge is 0.369 e. The summed E-state index contributed by atoms with van der Waals surface area (Å²) in [7, 11) is -0.653. The number of primary amides is 1. The van der Waals surface area contributed by atoms with E-state index in [1.807, 2.05) is 0 Å². The molecule has 1 aromatic rings. The lowest BCUT2D eigenvalue weighted by molar-refractivity contribution is -0.121. The van der Waals surface area contributed by atoms with Gasteiger partial charge in [-0.2, -0.15) is 4.31 Å². The van der Waals surface area contributed by atoms with E-state index in [1.54, 1.807) is 7.05 Å². The second-order valence-corrected chi connectivity index (χ2v) is 6.94. The first-order valence-electron chi connectivity index (χ1n) is 6.45. The summed E-state index contributed by atoms with van der Waals surface area (Å²) in [5, 5.41) is 2.45. The molecule has 116 valence electrons. The van der Waals surface area contributed by atoms with E-state index in [9.17, 15) is 18.0 Å². The molecule has 0 unspecified atom stereocenters. The van der Waals surface area contributed by atoms with Crippen LogP contribution < -0.4 is 11.1 Å². The fraction of sp³-hybridized carbons (Fsp3) is 0.500. The number of amides is 2. The number of rotatable bonds is 4. The first-order chi connectivity index (χ1) is 9.77. The molecular weight excluding hydrogens is 296 g/mol. The SMILES string of the molecule is CNC(=O)c1cc(S(=O)(=O)N2CC[C@@H](C(N)=O)C2)cn1C. The molecular formula is C12H18N4O4S. The molecule has 2 amide bonds. The number of carbonyl (C=O) groups excluding carboxylic acids is 2. The average molecular weight is 314 g/mol. The van der Waals surface area contributed by atoms with Crippen molar-refractivity contribution in [3.8, 4) is 0 Å². The van der Waals surface area contributed by atoms with Gasteiger partial charge in [0.1, 0.15) is 10.6 Å². The van der Waals surface area contributed by atoms with Crippen molar-refractivity contribution in [1.29, 1.82) is 0 Å². The maximum Gasteiger partial charge on any atom is 0.267 e. The van der Waals surface area contributed by atoms with Crippen molar-refractivity contribution in [1.82, 2.24) is 14.2 Å². The smallest absolute Gasteiger partial charge is 0.267 e. The van der Waals surface area contributed by atoms with Gasteiger partial charge in [-0.05, 0) is 12.5 Å². The van der Waals surface area contributed by atoms with Crippen molar-refractivity contribution in [2.24, 2.45) is 18.7 Å². The number of hydrogen-bond donors (Lipinski definition) is 2. The minimum atomic E-state index is -3.72.